The number of carbonyl (C=O) groups is 1. The maximum atomic E-state index is 12.7. The molecule has 0 fully saturated rings. The molecule has 0 unspecified atom stereocenters. The second-order valence-electron chi connectivity index (χ2n) is 7.12. The number of benzene rings is 3. The highest BCUT2D eigenvalue weighted by Gasteiger charge is 2.19. The van der Waals surface area contributed by atoms with E-state index >= 15 is 0 Å². The molecule has 0 atom stereocenters. The van der Waals surface area contributed by atoms with Gasteiger partial charge in [-0.3, -0.25) is 4.79 Å². The molecule has 7 heteroatoms. The number of carbonyl (C=O) groups excluding carboxylic acids is 1. The van der Waals surface area contributed by atoms with Gasteiger partial charge in [-0.05, 0) is 61.0 Å². The van der Waals surface area contributed by atoms with Crippen molar-refractivity contribution in [3.63, 3.8) is 0 Å². The van der Waals surface area contributed by atoms with Crippen LogP contribution in [-0.4, -0.2) is 17.6 Å². The molecule has 1 N–H and O–H groups in total. The quantitative estimate of drug-likeness (QED) is 0.355. The molecule has 5 nitrogen and oxygen atoms in total. The summed E-state index contributed by atoms with van der Waals surface area (Å²) in [6.45, 7) is 2.73. The molecule has 1 amide bonds. The van der Waals surface area contributed by atoms with Gasteiger partial charge in [0.2, 0.25) is 0 Å². The number of aromatic nitrogens is 1. The van der Waals surface area contributed by atoms with Gasteiger partial charge in [-0.25, -0.2) is 0 Å². The predicted molar refractivity (Wildman–Crippen MR) is 129 cm³/mol. The molecule has 0 radical (unpaired) electrons. The standard InChI is InChI=1S/C25H19Cl2N3O2/c1-3-30-23-11-9-18(32-2)13-19(23)20(14-28)24(30)15-4-6-16(7-5-15)25(31)29-17-8-10-21(26)22(27)12-17/h4-13H,3H2,1-2H3,(H,29,31). The van der Waals surface area contributed by atoms with Crippen molar-refractivity contribution in [2.45, 2.75) is 13.5 Å². The zero-order valence-corrected chi connectivity index (χ0v) is 19.0. The van der Waals surface area contributed by atoms with Gasteiger partial charge in [-0.1, -0.05) is 35.3 Å². The summed E-state index contributed by atoms with van der Waals surface area (Å²) in [6, 6.07) is 20.2. The molecule has 32 heavy (non-hydrogen) atoms. The van der Waals surface area contributed by atoms with Crippen molar-refractivity contribution in [3.8, 4) is 23.1 Å². The predicted octanol–water partition coefficient (Wildman–Crippen LogP) is 6.77. The van der Waals surface area contributed by atoms with Crippen molar-refractivity contribution < 1.29 is 9.53 Å². The van der Waals surface area contributed by atoms with Crippen LogP contribution in [0.2, 0.25) is 10.0 Å². The lowest BCUT2D eigenvalue weighted by Gasteiger charge is -2.10. The maximum absolute atomic E-state index is 12.7. The summed E-state index contributed by atoms with van der Waals surface area (Å²) >= 11 is 12.0. The van der Waals surface area contributed by atoms with Crippen molar-refractivity contribution in [1.29, 1.82) is 5.26 Å². The van der Waals surface area contributed by atoms with E-state index < -0.39 is 0 Å². The van der Waals surface area contributed by atoms with Crippen LogP contribution >= 0.6 is 23.2 Å². The summed E-state index contributed by atoms with van der Waals surface area (Å²) in [7, 11) is 1.60. The van der Waals surface area contributed by atoms with E-state index in [-0.39, 0.29) is 5.91 Å². The van der Waals surface area contributed by atoms with Gasteiger partial charge in [-0.2, -0.15) is 5.26 Å². The average molecular weight is 464 g/mol. The Kier molecular flexibility index (Phi) is 6.09. The van der Waals surface area contributed by atoms with Gasteiger partial charge in [0.25, 0.3) is 5.91 Å². The molecule has 0 bridgehead atoms. The molecule has 0 saturated heterocycles. The Morgan fingerprint density at radius 1 is 1.06 bits per heavy atom. The lowest BCUT2D eigenvalue weighted by Crippen LogP contribution is -2.11. The number of nitrogens with one attached hydrogen (secondary N) is 1. The number of aryl methyl sites for hydroxylation is 1. The third-order valence-electron chi connectivity index (χ3n) is 5.30. The third-order valence-corrected chi connectivity index (χ3v) is 6.04. The minimum Gasteiger partial charge on any atom is -0.497 e. The number of hydrogen-bond donors (Lipinski definition) is 1. The third kappa shape index (κ3) is 3.91. The number of rotatable bonds is 5. The normalized spacial score (nSPS) is 10.7. The Morgan fingerprint density at radius 3 is 2.44 bits per heavy atom. The van der Waals surface area contributed by atoms with Gasteiger partial charge >= 0.3 is 0 Å². The van der Waals surface area contributed by atoms with E-state index in [1.807, 2.05) is 37.3 Å². The molecular formula is C25H19Cl2N3O2. The summed E-state index contributed by atoms with van der Waals surface area (Å²) in [5.74, 6) is 0.430. The summed E-state index contributed by atoms with van der Waals surface area (Å²) in [5, 5.41) is 14.4. The number of nitriles is 1. The van der Waals surface area contributed by atoms with Crippen LogP contribution in [0.15, 0.2) is 60.7 Å². The van der Waals surface area contributed by atoms with Crippen LogP contribution in [0, 0.1) is 11.3 Å². The van der Waals surface area contributed by atoms with E-state index in [9.17, 15) is 10.1 Å². The van der Waals surface area contributed by atoms with E-state index in [0.717, 1.165) is 22.2 Å². The maximum Gasteiger partial charge on any atom is 0.255 e. The van der Waals surface area contributed by atoms with Crippen LogP contribution in [0.4, 0.5) is 5.69 Å². The first-order valence-corrected chi connectivity index (χ1v) is 10.7. The van der Waals surface area contributed by atoms with Crippen LogP contribution in [0.25, 0.3) is 22.2 Å². The number of nitrogens with zero attached hydrogens (tertiary/aromatic N) is 2. The Hall–Kier alpha value is -3.46. The van der Waals surface area contributed by atoms with E-state index in [4.69, 9.17) is 27.9 Å². The number of halogens is 2. The molecular weight excluding hydrogens is 445 g/mol. The zero-order chi connectivity index (χ0) is 22.8. The number of amides is 1. The van der Waals surface area contributed by atoms with Gasteiger partial charge < -0.3 is 14.6 Å². The molecule has 1 heterocycles. The fourth-order valence-corrected chi connectivity index (χ4v) is 4.06. The smallest absolute Gasteiger partial charge is 0.255 e. The van der Waals surface area contributed by atoms with Crippen molar-refractivity contribution in [2.75, 3.05) is 12.4 Å². The lowest BCUT2D eigenvalue weighted by molar-refractivity contribution is 0.102. The Labute approximate surface area is 195 Å². The largest absolute Gasteiger partial charge is 0.497 e. The molecule has 3 aromatic carbocycles. The van der Waals surface area contributed by atoms with Crippen LogP contribution in [-0.2, 0) is 6.54 Å². The van der Waals surface area contributed by atoms with E-state index in [0.29, 0.717) is 39.2 Å². The fourth-order valence-electron chi connectivity index (χ4n) is 3.76. The molecule has 0 aliphatic heterocycles. The molecule has 160 valence electrons. The van der Waals surface area contributed by atoms with Gasteiger partial charge in [0, 0.05) is 23.2 Å². The highest BCUT2D eigenvalue weighted by Crippen LogP contribution is 2.35. The summed E-state index contributed by atoms with van der Waals surface area (Å²) < 4.78 is 7.43. The Bertz CT molecular complexity index is 1370. The summed E-state index contributed by atoms with van der Waals surface area (Å²) in [4.78, 5) is 12.7. The van der Waals surface area contributed by atoms with E-state index in [1.165, 1.54) is 0 Å². The van der Waals surface area contributed by atoms with Gasteiger partial charge in [0.05, 0.1) is 33.9 Å². The topological polar surface area (TPSA) is 67.0 Å². The van der Waals surface area contributed by atoms with Crippen LogP contribution in [0.1, 0.15) is 22.8 Å². The highest BCUT2D eigenvalue weighted by atomic mass is 35.5. The molecule has 0 spiro atoms. The van der Waals surface area contributed by atoms with Gasteiger partial charge in [-0.15, -0.1) is 0 Å². The number of fused-ring (bicyclic) bond motifs is 1. The Morgan fingerprint density at radius 2 is 1.81 bits per heavy atom. The second-order valence-corrected chi connectivity index (χ2v) is 7.94. The fraction of sp³-hybridized carbons (Fsp3) is 0.120. The van der Waals surface area contributed by atoms with Gasteiger partial charge in [0.1, 0.15) is 11.8 Å². The van der Waals surface area contributed by atoms with Crippen LogP contribution in [0.5, 0.6) is 5.75 Å². The molecule has 0 saturated carbocycles. The minimum atomic E-state index is -0.267. The molecule has 0 aliphatic carbocycles. The Balaban J connectivity index is 1.70. The monoisotopic (exact) mass is 463 g/mol. The molecule has 4 aromatic rings. The first kappa shape index (κ1) is 21.8. The highest BCUT2D eigenvalue weighted by molar-refractivity contribution is 6.42. The first-order valence-electron chi connectivity index (χ1n) is 9.94. The van der Waals surface area contributed by atoms with Crippen molar-refractivity contribution in [2.24, 2.45) is 0 Å². The zero-order valence-electron chi connectivity index (χ0n) is 17.4. The number of methoxy groups -OCH3 is 1. The van der Waals surface area contributed by atoms with Crippen LogP contribution in [0.3, 0.4) is 0 Å². The minimum absolute atomic E-state index is 0.267. The average Bonchev–Trinajstić information content (AvgIpc) is 3.14. The number of ether oxygens (including phenoxy) is 1. The summed E-state index contributed by atoms with van der Waals surface area (Å²) in [6.07, 6.45) is 0. The first-order chi connectivity index (χ1) is 15.5. The number of hydrogen-bond acceptors (Lipinski definition) is 3. The molecule has 0 aliphatic rings. The molecule has 4 rings (SSSR count). The second kappa shape index (κ2) is 8.96. The van der Waals surface area contributed by atoms with E-state index in [1.54, 1.807) is 37.4 Å². The molecule has 1 aromatic heterocycles. The lowest BCUT2D eigenvalue weighted by atomic mass is 10.0. The van der Waals surface area contributed by atoms with Crippen LogP contribution < -0.4 is 10.1 Å². The van der Waals surface area contributed by atoms with Crippen molar-refractivity contribution in [3.05, 3.63) is 81.8 Å². The van der Waals surface area contributed by atoms with Crippen molar-refractivity contribution in [1.82, 2.24) is 4.57 Å². The SMILES string of the molecule is CCn1c(-c2ccc(C(=O)Nc3ccc(Cl)c(Cl)c3)cc2)c(C#N)c2cc(OC)ccc21. The summed E-state index contributed by atoms with van der Waals surface area (Å²) in [5.41, 5.74) is 4.24. The van der Waals surface area contributed by atoms with E-state index in [2.05, 4.69) is 16.0 Å². The van der Waals surface area contributed by atoms with Crippen molar-refractivity contribution >= 4 is 45.7 Å². The van der Waals surface area contributed by atoms with Gasteiger partial charge in [0.15, 0.2) is 0 Å². The number of anilines is 1.